The standard InChI is InChI=1S/C15H26N2O3S/c1-3-10-16-12-14-8-9-15(20-14)21(18,19)17-11-6-4-5-7-13(17)2/h8-9,13,16H,3-7,10-12H2,1-2H3. The third-order valence-corrected chi connectivity index (χ3v) is 5.81. The van der Waals surface area contributed by atoms with Crippen LogP contribution in [0.25, 0.3) is 0 Å². The Morgan fingerprint density at radius 1 is 1.33 bits per heavy atom. The molecule has 1 aliphatic rings. The second-order valence-corrected chi connectivity index (χ2v) is 7.53. The van der Waals surface area contributed by atoms with E-state index in [0.717, 1.165) is 38.6 Å². The quantitative estimate of drug-likeness (QED) is 0.820. The van der Waals surface area contributed by atoms with Crippen molar-refractivity contribution in [3.63, 3.8) is 0 Å². The number of nitrogens with one attached hydrogen (secondary N) is 1. The Labute approximate surface area is 127 Å². The molecular formula is C15H26N2O3S. The van der Waals surface area contributed by atoms with Gasteiger partial charge in [-0.05, 0) is 44.9 Å². The molecule has 1 N–H and O–H groups in total. The summed E-state index contributed by atoms with van der Waals surface area (Å²) >= 11 is 0. The van der Waals surface area contributed by atoms with Gasteiger partial charge < -0.3 is 9.73 Å². The van der Waals surface area contributed by atoms with Gasteiger partial charge in [0.2, 0.25) is 5.09 Å². The monoisotopic (exact) mass is 314 g/mol. The minimum absolute atomic E-state index is 0.0456. The maximum Gasteiger partial charge on any atom is 0.276 e. The first-order valence-corrected chi connectivity index (χ1v) is 9.31. The Balaban J connectivity index is 2.11. The van der Waals surface area contributed by atoms with Crippen molar-refractivity contribution in [2.45, 2.75) is 63.6 Å². The van der Waals surface area contributed by atoms with Crippen molar-refractivity contribution in [2.24, 2.45) is 0 Å². The Kier molecular flexibility index (Phi) is 5.84. The van der Waals surface area contributed by atoms with E-state index in [1.807, 2.05) is 6.92 Å². The summed E-state index contributed by atoms with van der Waals surface area (Å²) in [5, 5.41) is 3.29. The van der Waals surface area contributed by atoms with E-state index < -0.39 is 10.0 Å². The molecule has 2 rings (SSSR count). The SMILES string of the molecule is CCCNCc1ccc(S(=O)(=O)N2CCCCCC2C)o1. The molecule has 120 valence electrons. The van der Waals surface area contributed by atoms with Crippen LogP contribution in [0.1, 0.15) is 51.7 Å². The first-order chi connectivity index (χ1) is 10.1. The van der Waals surface area contributed by atoms with E-state index in [9.17, 15) is 8.42 Å². The topological polar surface area (TPSA) is 62.6 Å². The van der Waals surface area contributed by atoms with Gasteiger partial charge in [-0.2, -0.15) is 4.31 Å². The molecule has 1 atom stereocenters. The highest BCUT2D eigenvalue weighted by atomic mass is 32.2. The second kappa shape index (κ2) is 7.42. The molecule has 1 saturated heterocycles. The molecule has 1 aliphatic heterocycles. The van der Waals surface area contributed by atoms with E-state index in [2.05, 4.69) is 12.2 Å². The highest BCUT2D eigenvalue weighted by Crippen LogP contribution is 2.25. The maximum absolute atomic E-state index is 12.7. The van der Waals surface area contributed by atoms with Crippen molar-refractivity contribution in [3.8, 4) is 0 Å². The smallest absolute Gasteiger partial charge is 0.276 e. The number of sulfonamides is 1. The van der Waals surface area contributed by atoms with Crippen LogP contribution in [0.15, 0.2) is 21.6 Å². The molecule has 6 heteroatoms. The summed E-state index contributed by atoms with van der Waals surface area (Å²) in [6.45, 7) is 6.12. The summed E-state index contributed by atoms with van der Waals surface area (Å²) < 4.78 is 32.6. The molecule has 1 aromatic heterocycles. The molecule has 1 aromatic rings. The zero-order chi connectivity index (χ0) is 15.3. The normalized spacial score (nSPS) is 21.3. The lowest BCUT2D eigenvalue weighted by Gasteiger charge is -2.24. The second-order valence-electron chi connectivity index (χ2n) is 5.71. The van der Waals surface area contributed by atoms with E-state index >= 15 is 0 Å². The van der Waals surface area contributed by atoms with Crippen molar-refractivity contribution in [2.75, 3.05) is 13.1 Å². The highest BCUT2D eigenvalue weighted by molar-refractivity contribution is 7.89. The summed E-state index contributed by atoms with van der Waals surface area (Å²) in [6.07, 6.45) is 5.08. The molecule has 21 heavy (non-hydrogen) atoms. The predicted octanol–water partition coefficient (Wildman–Crippen LogP) is 2.73. The van der Waals surface area contributed by atoms with Gasteiger partial charge in [0.15, 0.2) is 0 Å². The number of hydrogen-bond acceptors (Lipinski definition) is 4. The van der Waals surface area contributed by atoms with Gasteiger partial charge in [0, 0.05) is 12.6 Å². The molecule has 0 saturated carbocycles. The van der Waals surface area contributed by atoms with Gasteiger partial charge in [0.1, 0.15) is 5.76 Å². The summed E-state index contributed by atoms with van der Waals surface area (Å²) in [4.78, 5) is 0. The third kappa shape index (κ3) is 4.08. The number of furan rings is 1. The van der Waals surface area contributed by atoms with Gasteiger partial charge in [0.25, 0.3) is 10.0 Å². The molecule has 0 radical (unpaired) electrons. The molecule has 0 bridgehead atoms. The first-order valence-electron chi connectivity index (χ1n) is 7.87. The molecule has 5 nitrogen and oxygen atoms in total. The highest BCUT2D eigenvalue weighted by Gasteiger charge is 2.32. The maximum atomic E-state index is 12.7. The molecule has 1 fully saturated rings. The van der Waals surface area contributed by atoms with Crippen molar-refractivity contribution in [1.29, 1.82) is 0 Å². The molecule has 0 spiro atoms. The van der Waals surface area contributed by atoms with E-state index in [0.29, 0.717) is 18.8 Å². The lowest BCUT2D eigenvalue weighted by molar-refractivity contribution is 0.321. The Bertz CT molecular complexity index is 539. The van der Waals surface area contributed by atoms with Crippen molar-refractivity contribution < 1.29 is 12.8 Å². The van der Waals surface area contributed by atoms with Crippen LogP contribution in [0, 0.1) is 0 Å². The van der Waals surface area contributed by atoms with Crippen LogP contribution in [-0.2, 0) is 16.6 Å². The van der Waals surface area contributed by atoms with Crippen molar-refractivity contribution in [3.05, 3.63) is 17.9 Å². The lowest BCUT2D eigenvalue weighted by Crippen LogP contribution is -2.38. The molecule has 0 aromatic carbocycles. The zero-order valence-corrected chi connectivity index (χ0v) is 13.8. The lowest BCUT2D eigenvalue weighted by atomic mass is 10.1. The van der Waals surface area contributed by atoms with Crippen molar-refractivity contribution >= 4 is 10.0 Å². The summed E-state index contributed by atoms with van der Waals surface area (Å²) in [5.74, 6) is 0.671. The fourth-order valence-corrected chi connectivity index (χ4v) is 4.33. The van der Waals surface area contributed by atoms with Gasteiger partial charge in [-0.3, -0.25) is 0 Å². The van der Waals surface area contributed by atoms with Gasteiger partial charge in [-0.15, -0.1) is 0 Å². The Morgan fingerprint density at radius 2 is 2.14 bits per heavy atom. The average Bonchev–Trinajstić information content (AvgIpc) is 2.82. The van der Waals surface area contributed by atoms with Gasteiger partial charge >= 0.3 is 0 Å². The Hall–Kier alpha value is -0.850. The van der Waals surface area contributed by atoms with Crippen LogP contribution < -0.4 is 5.32 Å². The number of nitrogens with zero attached hydrogens (tertiary/aromatic N) is 1. The number of hydrogen-bond donors (Lipinski definition) is 1. The summed E-state index contributed by atoms with van der Waals surface area (Å²) in [5.41, 5.74) is 0. The van der Waals surface area contributed by atoms with E-state index in [4.69, 9.17) is 4.42 Å². The fourth-order valence-electron chi connectivity index (χ4n) is 2.70. The van der Waals surface area contributed by atoms with Gasteiger partial charge in [-0.25, -0.2) is 8.42 Å². The van der Waals surface area contributed by atoms with Crippen LogP contribution in [0.3, 0.4) is 0 Å². The Morgan fingerprint density at radius 3 is 2.90 bits per heavy atom. The van der Waals surface area contributed by atoms with Crippen LogP contribution in [-0.4, -0.2) is 31.9 Å². The molecular weight excluding hydrogens is 288 g/mol. The van der Waals surface area contributed by atoms with Crippen LogP contribution in [0.2, 0.25) is 0 Å². The number of rotatable bonds is 6. The molecule has 0 amide bonds. The predicted molar refractivity (Wildman–Crippen MR) is 82.5 cm³/mol. The van der Waals surface area contributed by atoms with Crippen LogP contribution in [0.5, 0.6) is 0 Å². The first kappa shape index (κ1) is 16.5. The van der Waals surface area contributed by atoms with E-state index in [1.54, 1.807) is 16.4 Å². The van der Waals surface area contributed by atoms with Crippen LogP contribution in [0.4, 0.5) is 0 Å². The minimum Gasteiger partial charge on any atom is -0.447 e. The zero-order valence-electron chi connectivity index (χ0n) is 13.0. The van der Waals surface area contributed by atoms with E-state index in [-0.39, 0.29) is 11.1 Å². The van der Waals surface area contributed by atoms with Crippen molar-refractivity contribution in [1.82, 2.24) is 9.62 Å². The molecule has 1 unspecified atom stereocenters. The fraction of sp³-hybridized carbons (Fsp3) is 0.733. The minimum atomic E-state index is -3.51. The van der Waals surface area contributed by atoms with Gasteiger partial charge in [0.05, 0.1) is 6.54 Å². The molecule has 0 aliphatic carbocycles. The van der Waals surface area contributed by atoms with E-state index in [1.165, 1.54) is 0 Å². The third-order valence-electron chi connectivity index (χ3n) is 3.92. The molecule has 2 heterocycles. The summed E-state index contributed by atoms with van der Waals surface area (Å²) in [7, 11) is -3.51. The van der Waals surface area contributed by atoms with Gasteiger partial charge in [-0.1, -0.05) is 19.8 Å². The summed E-state index contributed by atoms with van der Waals surface area (Å²) in [6, 6.07) is 3.37. The largest absolute Gasteiger partial charge is 0.447 e. The average molecular weight is 314 g/mol. The van der Waals surface area contributed by atoms with Crippen LogP contribution >= 0.6 is 0 Å².